The van der Waals surface area contributed by atoms with Crippen LogP contribution in [0.3, 0.4) is 0 Å². The minimum Gasteiger partial charge on any atom is -0.245 e. The predicted molar refractivity (Wildman–Crippen MR) is 200 cm³/mol. The Bertz CT molecular complexity index is 2620. The largest absolute Gasteiger partial charge is 0.245 e. The minimum absolute atomic E-state index is 0.663. The molecule has 10 rings (SSSR count). The molecule has 2 heterocycles. The molecule has 0 saturated carbocycles. The monoisotopic (exact) mass is 742 g/mol. The summed E-state index contributed by atoms with van der Waals surface area (Å²) in [6, 6.07) is 50.8. The van der Waals surface area contributed by atoms with Crippen molar-refractivity contribution in [2.75, 3.05) is 0 Å². The maximum absolute atomic E-state index is 5.86. The first kappa shape index (κ1) is 28.0. The molecule has 1 unspecified atom stereocenters. The van der Waals surface area contributed by atoms with E-state index in [1.165, 1.54) is 0 Å². The van der Waals surface area contributed by atoms with Gasteiger partial charge in [0.2, 0.25) is 5.66 Å². The molecule has 0 radical (unpaired) electrons. The Kier molecular flexibility index (Phi) is 5.97. The molecule has 48 heavy (non-hydrogen) atoms. The maximum Gasteiger partial charge on any atom is 0.212 e. The zero-order chi connectivity index (χ0) is 32.0. The summed E-state index contributed by atoms with van der Waals surface area (Å²) in [5.74, 6) is 0.663. The van der Waals surface area contributed by atoms with Crippen molar-refractivity contribution in [1.29, 1.82) is 0 Å². The average molecular weight is 744 g/mol. The molecule has 3 aliphatic rings. The molecule has 0 N–H and O–H groups in total. The second-order valence-corrected chi connectivity index (χ2v) is 14.2. The van der Waals surface area contributed by atoms with E-state index in [4.69, 9.17) is 20.0 Å². The van der Waals surface area contributed by atoms with Gasteiger partial charge in [0.1, 0.15) is 0 Å². The number of hydrogen-bond acceptors (Lipinski definition) is 4. The Morgan fingerprint density at radius 2 is 0.938 bits per heavy atom. The summed E-state index contributed by atoms with van der Waals surface area (Å²) >= 11 is 7.31. The number of amidine groups is 1. The van der Waals surface area contributed by atoms with Crippen LogP contribution in [-0.4, -0.2) is 11.5 Å². The van der Waals surface area contributed by atoms with Crippen LogP contribution in [-0.2, 0) is 11.2 Å². The van der Waals surface area contributed by atoms with E-state index in [0.717, 1.165) is 80.3 Å². The summed E-state index contributed by atoms with van der Waals surface area (Å²) in [4.78, 5) is 23.0. The second-order valence-electron chi connectivity index (χ2n) is 12.4. The van der Waals surface area contributed by atoms with Crippen LogP contribution in [0, 0.1) is 0 Å². The Labute approximate surface area is 293 Å². The third-order valence-electron chi connectivity index (χ3n) is 9.90. The highest BCUT2D eigenvalue weighted by atomic mass is 79.9. The predicted octanol–water partition coefficient (Wildman–Crippen LogP) is 9.45. The first-order chi connectivity index (χ1) is 23.6. The van der Waals surface area contributed by atoms with Crippen LogP contribution < -0.4 is 10.7 Å². The van der Waals surface area contributed by atoms with Gasteiger partial charge in [0.05, 0.1) is 16.4 Å². The van der Waals surface area contributed by atoms with E-state index in [2.05, 4.69) is 165 Å². The molecule has 7 aromatic carbocycles. The molecular weight excluding hydrogens is 720 g/mol. The third-order valence-corrected chi connectivity index (χ3v) is 11.0. The molecule has 0 saturated heterocycles. The lowest BCUT2D eigenvalue weighted by atomic mass is 9.64. The highest BCUT2D eigenvalue weighted by Crippen LogP contribution is 2.58. The molecule has 0 spiro atoms. The van der Waals surface area contributed by atoms with Crippen molar-refractivity contribution in [3.8, 4) is 11.1 Å². The van der Waals surface area contributed by atoms with Crippen LogP contribution in [0.25, 0.3) is 32.7 Å². The maximum atomic E-state index is 5.86. The van der Waals surface area contributed by atoms with Gasteiger partial charge in [-0.25, -0.2) is 20.0 Å². The summed E-state index contributed by atoms with van der Waals surface area (Å²) in [6.45, 7) is 0. The molecule has 0 fully saturated rings. The molecule has 0 amide bonds. The number of halogens is 2. The van der Waals surface area contributed by atoms with Gasteiger partial charge in [0.15, 0.2) is 11.4 Å². The van der Waals surface area contributed by atoms with Gasteiger partial charge in [-0.3, -0.25) is 0 Å². The number of rotatable bonds is 3. The summed E-state index contributed by atoms with van der Waals surface area (Å²) in [5.41, 5.74) is 4.72. The smallest absolute Gasteiger partial charge is 0.212 e. The Morgan fingerprint density at radius 1 is 0.438 bits per heavy atom. The molecule has 0 bridgehead atoms. The number of hydrogen-bond donors (Lipinski definition) is 0. The van der Waals surface area contributed by atoms with Crippen molar-refractivity contribution >= 4 is 65.0 Å². The van der Waals surface area contributed by atoms with Gasteiger partial charge in [-0.1, -0.05) is 153 Å². The van der Waals surface area contributed by atoms with Gasteiger partial charge < -0.3 is 0 Å². The first-order valence-electron chi connectivity index (χ1n) is 15.9. The lowest BCUT2D eigenvalue weighted by molar-refractivity contribution is 0.320. The lowest BCUT2D eigenvalue weighted by Crippen LogP contribution is -2.52. The standard InChI is InChI=1S/C42H24Br2N4/c43-27-21-17-25(18-22-27)40-45-39-35-15-6-3-11-31(35)32-12-7-8-16-36(32)41(39,48-40)42(26-19-23-28(44)24-20-26)46-37-33-13-4-1-9-29(33)30-10-2-5-14-34(30)38(37)47-42/h1-24H. The summed E-state index contributed by atoms with van der Waals surface area (Å²) in [6.07, 6.45) is 0. The Hall–Kier alpha value is -5.04. The van der Waals surface area contributed by atoms with Crippen molar-refractivity contribution in [3.05, 3.63) is 188 Å². The number of aliphatic imine (C=N–C) groups is 2. The van der Waals surface area contributed by atoms with E-state index in [0.29, 0.717) is 5.84 Å². The molecular formula is C42H24Br2N4. The number of nitrogens with zero attached hydrogens (tertiary/aromatic N) is 4. The van der Waals surface area contributed by atoms with Gasteiger partial charge in [-0.15, -0.1) is 0 Å². The normalized spacial score (nSPS) is 18.2. The van der Waals surface area contributed by atoms with E-state index in [9.17, 15) is 0 Å². The molecule has 226 valence electrons. The van der Waals surface area contributed by atoms with E-state index >= 15 is 0 Å². The number of benzene rings is 7. The lowest BCUT2D eigenvalue weighted by Gasteiger charge is -2.44. The van der Waals surface area contributed by atoms with Gasteiger partial charge in [0, 0.05) is 36.4 Å². The molecule has 1 aliphatic carbocycles. The SMILES string of the molecule is Brc1ccc(C2=NC3(C4(c5ccc(Br)cc5)N=c5c(c6ccccc6c6ccccc56)=N4)C(=N2)c2ccccc2-c2ccccc23)cc1. The van der Waals surface area contributed by atoms with E-state index in [1.807, 2.05) is 12.1 Å². The van der Waals surface area contributed by atoms with Crippen molar-refractivity contribution < 1.29 is 0 Å². The summed E-state index contributed by atoms with van der Waals surface area (Å²) < 4.78 is 1.99. The van der Waals surface area contributed by atoms with Crippen molar-refractivity contribution in [2.45, 2.75) is 11.2 Å². The molecule has 1 atom stereocenters. The third kappa shape index (κ3) is 3.70. The van der Waals surface area contributed by atoms with Gasteiger partial charge in [0.25, 0.3) is 0 Å². The zero-order valence-corrected chi connectivity index (χ0v) is 28.6. The van der Waals surface area contributed by atoms with Gasteiger partial charge in [-0.05, 0) is 51.7 Å². The Balaban J connectivity index is 1.42. The van der Waals surface area contributed by atoms with Crippen LogP contribution in [0.15, 0.2) is 175 Å². The average Bonchev–Trinajstić information content (AvgIpc) is 3.76. The zero-order valence-electron chi connectivity index (χ0n) is 25.4. The van der Waals surface area contributed by atoms with E-state index in [1.54, 1.807) is 0 Å². The fourth-order valence-electron chi connectivity index (χ4n) is 7.84. The van der Waals surface area contributed by atoms with Crippen LogP contribution in [0.2, 0.25) is 0 Å². The van der Waals surface area contributed by atoms with E-state index < -0.39 is 11.2 Å². The number of fused-ring (bicyclic) bond motifs is 12. The molecule has 0 aromatic heterocycles. The van der Waals surface area contributed by atoms with Crippen molar-refractivity contribution in [3.63, 3.8) is 0 Å². The fourth-order valence-corrected chi connectivity index (χ4v) is 8.37. The van der Waals surface area contributed by atoms with Crippen LogP contribution in [0.5, 0.6) is 0 Å². The fraction of sp³-hybridized carbons (Fsp3) is 0.0476. The highest BCUT2D eigenvalue weighted by Gasteiger charge is 2.63. The quantitative estimate of drug-likeness (QED) is 0.162. The minimum atomic E-state index is -1.22. The van der Waals surface area contributed by atoms with Crippen LogP contribution >= 0.6 is 31.9 Å². The second kappa shape index (κ2) is 10.2. The molecule has 6 heteroatoms. The van der Waals surface area contributed by atoms with Gasteiger partial charge in [-0.2, -0.15) is 0 Å². The highest BCUT2D eigenvalue weighted by molar-refractivity contribution is 9.10. The molecule has 4 nitrogen and oxygen atoms in total. The summed E-state index contributed by atoms with van der Waals surface area (Å²) in [7, 11) is 0. The molecule has 7 aromatic rings. The first-order valence-corrected chi connectivity index (χ1v) is 17.5. The molecule has 2 aliphatic heterocycles. The van der Waals surface area contributed by atoms with Crippen LogP contribution in [0.4, 0.5) is 0 Å². The topological polar surface area (TPSA) is 49.4 Å². The van der Waals surface area contributed by atoms with Crippen LogP contribution in [0.1, 0.15) is 22.3 Å². The van der Waals surface area contributed by atoms with Crippen molar-refractivity contribution in [1.82, 2.24) is 0 Å². The van der Waals surface area contributed by atoms with E-state index in [-0.39, 0.29) is 0 Å². The Morgan fingerprint density at radius 3 is 1.56 bits per heavy atom. The van der Waals surface area contributed by atoms with Gasteiger partial charge >= 0.3 is 0 Å². The van der Waals surface area contributed by atoms with Crippen molar-refractivity contribution in [2.24, 2.45) is 20.0 Å². The summed E-state index contributed by atoms with van der Waals surface area (Å²) in [5, 5.41) is 6.22.